The maximum Gasteiger partial charge on any atom is 0.229 e. The van der Waals surface area contributed by atoms with E-state index in [1.165, 1.54) is 4.90 Å². The highest BCUT2D eigenvalue weighted by Crippen LogP contribution is 2.29. The summed E-state index contributed by atoms with van der Waals surface area (Å²) < 4.78 is 7.34. The van der Waals surface area contributed by atoms with Gasteiger partial charge in [0.2, 0.25) is 11.8 Å². The van der Waals surface area contributed by atoms with Crippen LogP contribution in [0.5, 0.6) is 5.75 Å². The molecule has 6 nitrogen and oxygen atoms in total. The van der Waals surface area contributed by atoms with E-state index in [1.807, 2.05) is 48.5 Å². The molecule has 138 valence electrons. The lowest BCUT2D eigenvalue weighted by Crippen LogP contribution is -2.31. The van der Waals surface area contributed by atoms with Crippen LogP contribution in [0.4, 0.5) is 0 Å². The van der Waals surface area contributed by atoms with Gasteiger partial charge in [-0.1, -0.05) is 23.9 Å². The second kappa shape index (κ2) is 7.44. The molecule has 27 heavy (non-hydrogen) atoms. The van der Waals surface area contributed by atoms with Crippen molar-refractivity contribution in [2.45, 2.75) is 18.0 Å². The van der Waals surface area contributed by atoms with Crippen LogP contribution in [-0.4, -0.2) is 45.7 Å². The smallest absolute Gasteiger partial charge is 0.229 e. The fourth-order valence-electron chi connectivity index (χ4n) is 3.18. The molecule has 0 radical (unpaired) electrons. The highest BCUT2D eigenvalue weighted by Gasteiger charge is 2.28. The molecule has 4 rings (SSSR count). The Kier molecular flexibility index (Phi) is 4.85. The number of imidazole rings is 1. The van der Waals surface area contributed by atoms with Crippen molar-refractivity contribution < 1.29 is 14.3 Å². The Bertz CT molecular complexity index is 981. The number of para-hydroxylation sites is 2. The van der Waals surface area contributed by atoms with Gasteiger partial charge >= 0.3 is 0 Å². The molecule has 0 spiro atoms. The van der Waals surface area contributed by atoms with Crippen LogP contribution in [0.2, 0.25) is 0 Å². The van der Waals surface area contributed by atoms with Crippen LogP contribution in [0.25, 0.3) is 16.7 Å². The fourth-order valence-corrected chi connectivity index (χ4v) is 4.13. The molecule has 1 saturated heterocycles. The molecular formula is C20H19N3O3S. The summed E-state index contributed by atoms with van der Waals surface area (Å²) in [5.41, 5.74) is 2.91. The van der Waals surface area contributed by atoms with Gasteiger partial charge < -0.3 is 4.74 Å². The first-order valence-corrected chi connectivity index (χ1v) is 9.74. The van der Waals surface area contributed by atoms with Crippen molar-refractivity contribution in [2.75, 3.05) is 19.4 Å². The van der Waals surface area contributed by atoms with Crippen LogP contribution in [0, 0.1) is 0 Å². The Balaban J connectivity index is 1.61. The first-order valence-electron chi connectivity index (χ1n) is 8.75. The number of thioether (sulfide) groups is 1. The Morgan fingerprint density at radius 2 is 1.74 bits per heavy atom. The molecule has 1 aliphatic heterocycles. The van der Waals surface area contributed by atoms with Gasteiger partial charge in [0.15, 0.2) is 5.16 Å². The first-order chi connectivity index (χ1) is 13.2. The van der Waals surface area contributed by atoms with E-state index in [2.05, 4.69) is 4.57 Å². The lowest BCUT2D eigenvalue weighted by atomic mass is 10.2. The summed E-state index contributed by atoms with van der Waals surface area (Å²) in [4.78, 5) is 29.7. The quantitative estimate of drug-likeness (QED) is 0.484. The standard InChI is InChI=1S/C20H19N3O3S/c1-26-15-8-6-14(7-9-15)23-17-5-3-2-4-16(17)21-20(23)27-13-12-22-18(24)10-11-19(22)25/h2-9H,10-13H2,1H3. The molecule has 2 amide bonds. The summed E-state index contributed by atoms with van der Waals surface area (Å²) in [5.74, 6) is 1.24. The number of hydrogen-bond acceptors (Lipinski definition) is 5. The number of rotatable bonds is 6. The third kappa shape index (κ3) is 3.42. The van der Waals surface area contributed by atoms with Crippen LogP contribution in [0.15, 0.2) is 53.7 Å². The molecule has 0 aliphatic carbocycles. The zero-order valence-electron chi connectivity index (χ0n) is 14.9. The number of ether oxygens (including phenoxy) is 1. The van der Waals surface area contributed by atoms with E-state index in [0.717, 1.165) is 27.6 Å². The van der Waals surface area contributed by atoms with Gasteiger partial charge in [-0.15, -0.1) is 0 Å². The largest absolute Gasteiger partial charge is 0.497 e. The summed E-state index contributed by atoms with van der Waals surface area (Å²) in [6, 6.07) is 15.8. The normalized spacial score (nSPS) is 14.3. The van der Waals surface area contributed by atoms with Gasteiger partial charge in [0.1, 0.15) is 5.75 Å². The summed E-state index contributed by atoms with van der Waals surface area (Å²) in [7, 11) is 1.64. The zero-order valence-corrected chi connectivity index (χ0v) is 15.7. The number of carbonyl (C=O) groups excluding carboxylic acids is 2. The van der Waals surface area contributed by atoms with E-state index in [0.29, 0.717) is 25.1 Å². The number of benzene rings is 2. The average Bonchev–Trinajstić information content (AvgIpc) is 3.22. The molecule has 0 unspecified atom stereocenters. The first kappa shape index (κ1) is 17.6. The predicted octanol–water partition coefficient (Wildman–Crippen LogP) is 3.28. The van der Waals surface area contributed by atoms with E-state index in [1.54, 1.807) is 18.9 Å². The Hall–Kier alpha value is -2.80. The Labute approximate surface area is 161 Å². The number of aromatic nitrogens is 2. The minimum absolute atomic E-state index is 0.0794. The van der Waals surface area contributed by atoms with Gasteiger partial charge in [0, 0.05) is 30.8 Å². The molecule has 2 aromatic carbocycles. The highest BCUT2D eigenvalue weighted by molar-refractivity contribution is 7.99. The van der Waals surface area contributed by atoms with Gasteiger partial charge in [-0.3, -0.25) is 19.1 Å². The van der Waals surface area contributed by atoms with E-state index in [4.69, 9.17) is 9.72 Å². The zero-order chi connectivity index (χ0) is 18.8. The summed E-state index contributed by atoms with van der Waals surface area (Å²) in [6.07, 6.45) is 0.654. The molecule has 2 heterocycles. The molecule has 1 fully saturated rings. The van der Waals surface area contributed by atoms with Crippen molar-refractivity contribution in [1.29, 1.82) is 0 Å². The summed E-state index contributed by atoms with van der Waals surface area (Å²) in [5, 5.41) is 0.834. The lowest BCUT2D eigenvalue weighted by molar-refractivity contribution is -0.137. The van der Waals surface area contributed by atoms with Gasteiger partial charge in [-0.25, -0.2) is 4.98 Å². The van der Waals surface area contributed by atoms with Gasteiger partial charge in [0.25, 0.3) is 0 Å². The summed E-state index contributed by atoms with van der Waals surface area (Å²) in [6.45, 7) is 0.411. The number of hydrogen-bond donors (Lipinski definition) is 0. The van der Waals surface area contributed by atoms with Crippen LogP contribution < -0.4 is 4.74 Å². The number of nitrogens with zero attached hydrogens (tertiary/aromatic N) is 3. The van der Waals surface area contributed by atoms with Crippen molar-refractivity contribution in [3.05, 3.63) is 48.5 Å². The highest BCUT2D eigenvalue weighted by atomic mass is 32.2. The van der Waals surface area contributed by atoms with Crippen LogP contribution in [0.3, 0.4) is 0 Å². The molecule has 0 saturated carbocycles. The second-order valence-electron chi connectivity index (χ2n) is 6.20. The molecule has 0 bridgehead atoms. The minimum atomic E-state index is -0.0794. The van der Waals surface area contributed by atoms with Crippen LogP contribution in [0.1, 0.15) is 12.8 Å². The van der Waals surface area contributed by atoms with Gasteiger partial charge in [-0.05, 0) is 36.4 Å². The van der Waals surface area contributed by atoms with E-state index in [9.17, 15) is 9.59 Å². The Morgan fingerprint density at radius 1 is 1.04 bits per heavy atom. The van der Waals surface area contributed by atoms with E-state index < -0.39 is 0 Å². The van der Waals surface area contributed by atoms with Crippen molar-refractivity contribution in [3.63, 3.8) is 0 Å². The number of carbonyl (C=O) groups is 2. The van der Waals surface area contributed by atoms with Crippen molar-refractivity contribution in [2.24, 2.45) is 0 Å². The molecule has 1 aromatic heterocycles. The second-order valence-corrected chi connectivity index (χ2v) is 7.27. The van der Waals surface area contributed by atoms with Crippen molar-refractivity contribution in [1.82, 2.24) is 14.5 Å². The molecule has 0 N–H and O–H groups in total. The fraction of sp³-hybridized carbons (Fsp3) is 0.250. The third-order valence-corrected chi connectivity index (χ3v) is 5.48. The van der Waals surface area contributed by atoms with Crippen molar-refractivity contribution >= 4 is 34.6 Å². The SMILES string of the molecule is COc1ccc(-n2c(SCCN3C(=O)CCC3=O)nc3ccccc32)cc1. The number of imide groups is 1. The number of fused-ring (bicyclic) bond motifs is 1. The monoisotopic (exact) mass is 381 g/mol. The van der Waals surface area contributed by atoms with Gasteiger partial charge in [-0.2, -0.15) is 0 Å². The Morgan fingerprint density at radius 3 is 2.44 bits per heavy atom. The van der Waals surface area contributed by atoms with E-state index in [-0.39, 0.29) is 11.8 Å². The predicted molar refractivity (Wildman–Crippen MR) is 104 cm³/mol. The van der Waals surface area contributed by atoms with Crippen LogP contribution in [-0.2, 0) is 9.59 Å². The van der Waals surface area contributed by atoms with E-state index >= 15 is 0 Å². The maximum absolute atomic E-state index is 11.8. The topological polar surface area (TPSA) is 64.4 Å². The summed E-state index contributed by atoms with van der Waals surface area (Å²) >= 11 is 1.54. The molecule has 0 atom stereocenters. The lowest BCUT2D eigenvalue weighted by Gasteiger charge is -2.14. The van der Waals surface area contributed by atoms with Crippen molar-refractivity contribution in [3.8, 4) is 11.4 Å². The third-order valence-electron chi connectivity index (χ3n) is 4.56. The van der Waals surface area contributed by atoms with Crippen LogP contribution >= 0.6 is 11.8 Å². The molecule has 1 aliphatic rings. The molecule has 7 heteroatoms. The molecular weight excluding hydrogens is 362 g/mol. The maximum atomic E-state index is 11.8. The minimum Gasteiger partial charge on any atom is -0.497 e. The molecule has 3 aromatic rings. The number of amides is 2. The van der Waals surface area contributed by atoms with Gasteiger partial charge in [0.05, 0.1) is 18.1 Å². The average molecular weight is 381 g/mol. The number of likely N-dealkylation sites (tertiary alicyclic amines) is 1. The number of methoxy groups -OCH3 is 1.